The van der Waals surface area contributed by atoms with Gasteiger partial charge in [-0.25, -0.2) is 8.42 Å². The lowest BCUT2D eigenvalue weighted by atomic mass is 10.1. The van der Waals surface area contributed by atoms with Crippen LogP contribution in [0.4, 0.5) is 0 Å². The quantitative estimate of drug-likeness (QED) is 0.884. The standard InChI is InChI=1S/C13H19NO3S/c1-10-7-8-14-13(9-18(10,15)16)11-3-5-12(17-2)6-4-11/h3-6,10,13-14H,7-9H2,1-2H3. The van der Waals surface area contributed by atoms with E-state index in [1.165, 1.54) is 0 Å². The van der Waals surface area contributed by atoms with Crippen LogP contribution in [0.2, 0.25) is 0 Å². The second kappa shape index (κ2) is 5.28. The van der Waals surface area contributed by atoms with Gasteiger partial charge in [0.15, 0.2) is 9.84 Å². The van der Waals surface area contributed by atoms with Crippen molar-refractivity contribution in [3.05, 3.63) is 29.8 Å². The molecule has 0 saturated carbocycles. The predicted molar refractivity (Wildman–Crippen MR) is 71.6 cm³/mol. The molecule has 1 N–H and O–H groups in total. The Morgan fingerprint density at radius 1 is 1.28 bits per heavy atom. The van der Waals surface area contributed by atoms with Gasteiger partial charge in [0, 0.05) is 6.04 Å². The summed E-state index contributed by atoms with van der Waals surface area (Å²) in [5, 5.41) is 3.05. The normalized spacial score (nSPS) is 27.4. The van der Waals surface area contributed by atoms with Crippen LogP contribution in [0.1, 0.15) is 24.9 Å². The van der Waals surface area contributed by atoms with Crippen LogP contribution in [0.3, 0.4) is 0 Å². The minimum absolute atomic E-state index is 0.120. The third kappa shape index (κ3) is 2.84. The van der Waals surface area contributed by atoms with E-state index >= 15 is 0 Å². The molecule has 1 fully saturated rings. The van der Waals surface area contributed by atoms with Crippen molar-refractivity contribution in [2.45, 2.75) is 24.6 Å². The molecule has 0 radical (unpaired) electrons. The SMILES string of the molecule is COc1ccc(C2CS(=O)(=O)C(C)CCN2)cc1. The van der Waals surface area contributed by atoms with Crippen molar-refractivity contribution >= 4 is 9.84 Å². The number of hydrogen-bond donors (Lipinski definition) is 1. The van der Waals surface area contributed by atoms with E-state index in [4.69, 9.17) is 4.74 Å². The number of methoxy groups -OCH3 is 1. The average Bonchev–Trinajstić information content (AvgIpc) is 2.49. The average molecular weight is 269 g/mol. The van der Waals surface area contributed by atoms with Gasteiger partial charge in [-0.2, -0.15) is 0 Å². The maximum absolute atomic E-state index is 12.0. The van der Waals surface area contributed by atoms with Crippen molar-refractivity contribution < 1.29 is 13.2 Å². The lowest BCUT2D eigenvalue weighted by Crippen LogP contribution is -2.26. The lowest BCUT2D eigenvalue weighted by molar-refractivity contribution is 0.414. The van der Waals surface area contributed by atoms with E-state index in [0.717, 1.165) is 17.9 Å². The van der Waals surface area contributed by atoms with Crippen LogP contribution < -0.4 is 10.1 Å². The summed E-state index contributed by atoms with van der Waals surface area (Å²) in [5.74, 6) is 0.948. The summed E-state index contributed by atoms with van der Waals surface area (Å²) < 4.78 is 29.2. The van der Waals surface area contributed by atoms with Crippen LogP contribution in [-0.2, 0) is 9.84 Å². The van der Waals surface area contributed by atoms with Crippen LogP contribution in [0.5, 0.6) is 5.75 Å². The third-order valence-corrected chi connectivity index (χ3v) is 5.73. The smallest absolute Gasteiger partial charge is 0.154 e. The van der Waals surface area contributed by atoms with Crippen LogP contribution in [0, 0.1) is 0 Å². The van der Waals surface area contributed by atoms with Crippen LogP contribution in [0.25, 0.3) is 0 Å². The van der Waals surface area contributed by atoms with E-state index in [-0.39, 0.29) is 17.0 Å². The maximum atomic E-state index is 12.0. The van der Waals surface area contributed by atoms with Gasteiger partial charge in [-0.3, -0.25) is 0 Å². The van der Waals surface area contributed by atoms with Crippen molar-refractivity contribution in [3.63, 3.8) is 0 Å². The first kappa shape index (κ1) is 13.4. The molecule has 18 heavy (non-hydrogen) atoms. The summed E-state index contributed by atoms with van der Waals surface area (Å²) in [6, 6.07) is 7.44. The van der Waals surface area contributed by atoms with Crippen LogP contribution in [-0.4, -0.2) is 33.1 Å². The molecule has 100 valence electrons. The van der Waals surface area contributed by atoms with E-state index < -0.39 is 9.84 Å². The number of ether oxygens (including phenoxy) is 1. The van der Waals surface area contributed by atoms with Crippen molar-refractivity contribution in [1.82, 2.24) is 5.32 Å². The largest absolute Gasteiger partial charge is 0.497 e. The highest BCUT2D eigenvalue weighted by molar-refractivity contribution is 7.92. The highest BCUT2D eigenvalue weighted by Gasteiger charge is 2.29. The van der Waals surface area contributed by atoms with Gasteiger partial charge >= 0.3 is 0 Å². The van der Waals surface area contributed by atoms with E-state index in [2.05, 4.69) is 5.32 Å². The molecule has 1 aliphatic heterocycles. The van der Waals surface area contributed by atoms with Crippen molar-refractivity contribution in [2.75, 3.05) is 19.4 Å². The van der Waals surface area contributed by atoms with Gasteiger partial charge in [0.1, 0.15) is 5.75 Å². The number of nitrogens with one attached hydrogen (secondary N) is 1. The fraction of sp³-hybridized carbons (Fsp3) is 0.538. The molecule has 4 nitrogen and oxygen atoms in total. The Balaban J connectivity index is 2.21. The minimum Gasteiger partial charge on any atom is -0.497 e. The molecule has 1 aromatic rings. The van der Waals surface area contributed by atoms with Crippen LogP contribution in [0.15, 0.2) is 24.3 Å². The first-order valence-electron chi connectivity index (χ1n) is 6.12. The first-order chi connectivity index (χ1) is 8.53. The molecule has 1 saturated heterocycles. The first-order valence-corrected chi connectivity index (χ1v) is 7.83. The highest BCUT2D eigenvalue weighted by atomic mass is 32.2. The topological polar surface area (TPSA) is 55.4 Å². The number of rotatable bonds is 2. The molecule has 2 rings (SSSR count). The Kier molecular flexibility index (Phi) is 3.92. The number of benzene rings is 1. The molecule has 0 aliphatic carbocycles. The fourth-order valence-electron chi connectivity index (χ4n) is 2.15. The summed E-state index contributed by atoms with van der Waals surface area (Å²) in [6.45, 7) is 2.52. The zero-order valence-corrected chi connectivity index (χ0v) is 11.5. The molecule has 0 bridgehead atoms. The van der Waals surface area contributed by atoms with E-state index in [1.807, 2.05) is 24.3 Å². The van der Waals surface area contributed by atoms with Crippen LogP contribution >= 0.6 is 0 Å². The summed E-state index contributed by atoms with van der Waals surface area (Å²) in [5.41, 5.74) is 0.994. The molecule has 1 aliphatic rings. The number of sulfone groups is 1. The van der Waals surface area contributed by atoms with Gasteiger partial charge in [-0.05, 0) is 37.6 Å². The second-order valence-electron chi connectivity index (χ2n) is 4.71. The fourth-order valence-corrected chi connectivity index (χ4v) is 3.73. The predicted octanol–water partition coefficient (Wildman–Crippen LogP) is 1.53. The Labute approximate surface area is 108 Å². The van der Waals surface area contributed by atoms with Gasteiger partial charge in [-0.1, -0.05) is 12.1 Å². The van der Waals surface area contributed by atoms with Crippen molar-refractivity contribution in [3.8, 4) is 5.75 Å². The minimum atomic E-state index is -3.00. The van der Waals surface area contributed by atoms with E-state index in [1.54, 1.807) is 14.0 Å². The molecule has 5 heteroatoms. The summed E-state index contributed by atoms with van der Waals surface area (Å²) in [4.78, 5) is 0. The zero-order chi connectivity index (χ0) is 13.2. The van der Waals surface area contributed by atoms with E-state index in [9.17, 15) is 8.42 Å². The molecule has 0 aromatic heterocycles. The molecular weight excluding hydrogens is 250 g/mol. The molecule has 1 aromatic carbocycles. The Hall–Kier alpha value is -1.07. The summed E-state index contributed by atoms with van der Waals surface area (Å²) in [7, 11) is -1.39. The van der Waals surface area contributed by atoms with Gasteiger partial charge in [0.25, 0.3) is 0 Å². The van der Waals surface area contributed by atoms with Gasteiger partial charge in [0.05, 0.1) is 18.1 Å². The van der Waals surface area contributed by atoms with Crippen molar-refractivity contribution in [2.24, 2.45) is 0 Å². The third-order valence-electron chi connectivity index (χ3n) is 3.47. The summed E-state index contributed by atoms with van der Waals surface area (Å²) >= 11 is 0. The zero-order valence-electron chi connectivity index (χ0n) is 10.7. The van der Waals surface area contributed by atoms with Gasteiger partial charge in [-0.15, -0.1) is 0 Å². The van der Waals surface area contributed by atoms with Gasteiger partial charge in [0.2, 0.25) is 0 Å². The molecule has 2 atom stereocenters. The van der Waals surface area contributed by atoms with E-state index in [0.29, 0.717) is 6.42 Å². The summed E-state index contributed by atoms with van der Waals surface area (Å²) in [6.07, 6.45) is 0.676. The molecule has 2 unspecified atom stereocenters. The maximum Gasteiger partial charge on any atom is 0.154 e. The Morgan fingerprint density at radius 2 is 1.94 bits per heavy atom. The Bertz CT molecular complexity index is 495. The lowest BCUT2D eigenvalue weighted by Gasteiger charge is -2.16. The van der Waals surface area contributed by atoms with Crippen molar-refractivity contribution in [1.29, 1.82) is 0 Å². The monoisotopic (exact) mass is 269 g/mol. The Morgan fingerprint density at radius 3 is 2.56 bits per heavy atom. The van der Waals surface area contributed by atoms with Gasteiger partial charge < -0.3 is 10.1 Å². The second-order valence-corrected chi connectivity index (χ2v) is 7.17. The molecular formula is C13H19NO3S. The highest BCUT2D eigenvalue weighted by Crippen LogP contribution is 2.23. The molecule has 1 heterocycles. The molecule has 0 amide bonds. The number of hydrogen-bond acceptors (Lipinski definition) is 4. The molecule has 0 spiro atoms.